The molecule has 0 aliphatic carbocycles. The minimum Gasteiger partial charge on any atom is -0.465 e. The molecule has 3 rings (SSSR count). The van der Waals surface area contributed by atoms with Gasteiger partial charge in [-0.3, -0.25) is 0 Å². The maximum Gasteiger partial charge on any atom is 0.396 e. The summed E-state index contributed by atoms with van der Waals surface area (Å²) in [4.78, 5) is 25.0. The first kappa shape index (κ1) is 16.9. The van der Waals surface area contributed by atoms with Gasteiger partial charge in [0.15, 0.2) is 0 Å². The lowest BCUT2D eigenvalue weighted by atomic mass is 9.97. The van der Waals surface area contributed by atoms with Gasteiger partial charge in [-0.05, 0) is 31.0 Å². The van der Waals surface area contributed by atoms with E-state index in [2.05, 4.69) is 10.2 Å². The predicted molar refractivity (Wildman–Crippen MR) is 87.6 cm³/mol. The summed E-state index contributed by atoms with van der Waals surface area (Å²) in [6, 6.07) is 7.69. The van der Waals surface area contributed by atoms with Crippen molar-refractivity contribution < 1.29 is 23.5 Å². The highest BCUT2D eigenvalue weighted by Crippen LogP contribution is 2.30. The second kappa shape index (κ2) is 7.33. The first-order chi connectivity index (χ1) is 12.1. The Balaban J connectivity index is 1.65. The summed E-state index contributed by atoms with van der Waals surface area (Å²) >= 11 is 0. The third kappa shape index (κ3) is 3.62. The van der Waals surface area contributed by atoms with E-state index in [1.54, 1.807) is 19.1 Å². The molecule has 8 heteroatoms. The van der Waals surface area contributed by atoms with Crippen LogP contribution in [0.2, 0.25) is 0 Å². The minimum atomic E-state index is -0.615. The number of carbonyl (C=O) groups is 2. The van der Waals surface area contributed by atoms with Crippen LogP contribution in [0.25, 0.3) is 0 Å². The monoisotopic (exact) mass is 345 g/mol. The Hall–Kier alpha value is -2.90. The van der Waals surface area contributed by atoms with Crippen LogP contribution in [-0.2, 0) is 9.47 Å². The van der Waals surface area contributed by atoms with Crippen molar-refractivity contribution in [3.8, 4) is 0 Å². The second-order valence-electron chi connectivity index (χ2n) is 5.66. The van der Waals surface area contributed by atoms with Crippen LogP contribution in [0.3, 0.4) is 0 Å². The van der Waals surface area contributed by atoms with Crippen LogP contribution < -0.4 is 4.90 Å². The van der Waals surface area contributed by atoms with E-state index in [1.165, 1.54) is 7.11 Å². The minimum absolute atomic E-state index is 0.136. The molecule has 1 aromatic carbocycles. The van der Waals surface area contributed by atoms with Crippen molar-refractivity contribution in [1.29, 1.82) is 0 Å². The molecule has 25 heavy (non-hydrogen) atoms. The van der Waals surface area contributed by atoms with E-state index < -0.39 is 5.97 Å². The Morgan fingerprint density at radius 2 is 2.00 bits per heavy atom. The van der Waals surface area contributed by atoms with Crippen LogP contribution in [0.4, 0.5) is 6.01 Å². The molecule has 0 radical (unpaired) electrons. The van der Waals surface area contributed by atoms with E-state index in [4.69, 9.17) is 13.9 Å². The smallest absolute Gasteiger partial charge is 0.396 e. The molecule has 1 unspecified atom stereocenters. The number of esters is 2. The Bertz CT molecular complexity index is 756. The van der Waals surface area contributed by atoms with E-state index >= 15 is 0 Å². The van der Waals surface area contributed by atoms with Crippen molar-refractivity contribution in [2.75, 3.05) is 31.7 Å². The molecule has 1 saturated heterocycles. The molecule has 0 saturated carbocycles. The van der Waals surface area contributed by atoms with Crippen molar-refractivity contribution in [2.45, 2.75) is 19.3 Å². The Labute approximate surface area is 144 Å². The third-order valence-corrected chi connectivity index (χ3v) is 4.13. The van der Waals surface area contributed by atoms with Crippen LogP contribution >= 0.6 is 0 Å². The molecule has 1 fully saturated rings. The number of hydrogen-bond donors (Lipinski definition) is 0. The highest BCUT2D eigenvalue weighted by molar-refractivity contribution is 5.89. The number of benzene rings is 1. The van der Waals surface area contributed by atoms with Crippen LogP contribution in [0, 0.1) is 0 Å². The van der Waals surface area contributed by atoms with Gasteiger partial charge in [0.05, 0.1) is 19.3 Å². The summed E-state index contributed by atoms with van der Waals surface area (Å²) in [6.07, 6.45) is 0.911. The van der Waals surface area contributed by atoms with Gasteiger partial charge in [0.25, 0.3) is 0 Å². The molecule has 132 valence electrons. The van der Waals surface area contributed by atoms with Gasteiger partial charge in [-0.15, -0.1) is 0 Å². The number of ether oxygens (including phenoxy) is 2. The fourth-order valence-electron chi connectivity index (χ4n) is 2.83. The summed E-state index contributed by atoms with van der Waals surface area (Å²) < 4.78 is 14.9. The van der Waals surface area contributed by atoms with Crippen molar-refractivity contribution >= 4 is 18.0 Å². The van der Waals surface area contributed by atoms with Gasteiger partial charge in [-0.2, -0.15) is 0 Å². The van der Waals surface area contributed by atoms with Gasteiger partial charge in [-0.25, -0.2) is 9.59 Å². The Morgan fingerprint density at radius 1 is 1.24 bits per heavy atom. The zero-order valence-electron chi connectivity index (χ0n) is 14.1. The number of aromatic nitrogens is 2. The van der Waals surface area contributed by atoms with Gasteiger partial charge in [0, 0.05) is 19.0 Å². The Morgan fingerprint density at radius 3 is 2.68 bits per heavy atom. The average Bonchev–Trinajstić information content (AvgIpc) is 3.30. The molecular formula is C17H19N3O5. The van der Waals surface area contributed by atoms with Gasteiger partial charge in [0.2, 0.25) is 0 Å². The number of hydrogen-bond acceptors (Lipinski definition) is 8. The quantitative estimate of drug-likeness (QED) is 0.760. The number of rotatable bonds is 5. The fourth-order valence-corrected chi connectivity index (χ4v) is 2.83. The topological polar surface area (TPSA) is 94.8 Å². The zero-order chi connectivity index (χ0) is 17.8. The average molecular weight is 345 g/mol. The van der Waals surface area contributed by atoms with E-state index in [0.29, 0.717) is 18.1 Å². The normalized spacial score (nSPS) is 16.7. The maximum atomic E-state index is 11.6. The van der Waals surface area contributed by atoms with Crippen LogP contribution in [0.5, 0.6) is 0 Å². The van der Waals surface area contributed by atoms with Crippen molar-refractivity contribution in [2.24, 2.45) is 0 Å². The first-order valence-electron chi connectivity index (χ1n) is 8.06. The van der Waals surface area contributed by atoms with E-state index in [1.807, 2.05) is 17.0 Å². The number of anilines is 1. The van der Waals surface area contributed by atoms with Crippen molar-refractivity contribution in [3.05, 3.63) is 41.3 Å². The lowest BCUT2D eigenvalue weighted by molar-refractivity contribution is 0.0480. The van der Waals surface area contributed by atoms with Gasteiger partial charge in [-0.1, -0.05) is 22.3 Å². The van der Waals surface area contributed by atoms with E-state index in [0.717, 1.165) is 18.5 Å². The third-order valence-electron chi connectivity index (χ3n) is 4.13. The highest BCUT2D eigenvalue weighted by atomic mass is 16.5. The predicted octanol–water partition coefficient (Wildman–Crippen LogP) is 2.03. The lowest BCUT2D eigenvalue weighted by Crippen LogP contribution is -2.19. The SMILES string of the molecule is CCOC(=O)c1nnc(N2CCC(c3ccc(C(=O)OC)cc3)C2)o1. The zero-order valence-corrected chi connectivity index (χ0v) is 14.1. The number of carbonyl (C=O) groups excluding carboxylic acids is 2. The second-order valence-corrected chi connectivity index (χ2v) is 5.66. The van der Waals surface area contributed by atoms with Crippen LogP contribution in [0.1, 0.15) is 45.9 Å². The fraction of sp³-hybridized carbons (Fsp3) is 0.412. The van der Waals surface area contributed by atoms with Crippen LogP contribution in [-0.4, -0.2) is 48.9 Å². The summed E-state index contributed by atoms with van der Waals surface area (Å²) in [7, 11) is 1.36. The molecule has 2 aromatic rings. The number of nitrogens with zero attached hydrogens (tertiary/aromatic N) is 3. The molecule has 0 bridgehead atoms. The molecule has 1 atom stereocenters. The lowest BCUT2D eigenvalue weighted by Gasteiger charge is -2.13. The Kier molecular flexibility index (Phi) is 4.97. The summed E-state index contributed by atoms with van der Waals surface area (Å²) in [5.74, 6) is -0.820. The standard InChI is InChI=1S/C17H19N3O5/c1-3-24-16(22)14-18-19-17(25-14)20-9-8-13(10-20)11-4-6-12(7-5-11)15(21)23-2/h4-7,13H,3,8-10H2,1-2H3. The summed E-state index contributed by atoms with van der Waals surface area (Å²) in [5, 5.41) is 7.66. The van der Waals surface area contributed by atoms with E-state index in [-0.39, 0.29) is 24.4 Å². The molecule has 0 amide bonds. The summed E-state index contributed by atoms with van der Waals surface area (Å²) in [6.45, 7) is 3.41. The maximum absolute atomic E-state index is 11.6. The molecular weight excluding hydrogens is 326 g/mol. The highest BCUT2D eigenvalue weighted by Gasteiger charge is 2.28. The van der Waals surface area contributed by atoms with E-state index in [9.17, 15) is 9.59 Å². The van der Waals surface area contributed by atoms with Gasteiger partial charge >= 0.3 is 23.8 Å². The molecule has 8 nitrogen and oxygen atoms in total. The molecule has 0 spiro atoms. The van der Waals surface area contributed by atoms with Gasteiger partial charge < -0.3 is 18.8 Å². The summed E-state index contributed by atoms with van der Waals surface area (Å²) in [5.41, 5.74) is 1.65. The van der Waals surface area contributed by atoms with Crippen molar-refractivity contribution in [3.63, 3.8) is 0 Å². The van der Waals surface area contributed by atoms with Gasteiger partial charge in [0.1, 0.15) is 0 Å². The molecule has 1 aliphatic heterocycles. The first-order valence-corrected chi connectivity index (χ1v) is 8.06. The molecule has 0 N–H and O–H groups in total. The van der Waals surface area contributed by atoms with Crippen molar-refractivity contribution in [1.82, 2.24) is 10.2 Å². The van der Waals surface area contributed by atoms with Crippen LogP contribution in [0.15, 0.2) is 28.7 Å². The molecule has 1 aromatic heterocycles. The molecule has 2 heterocycles. The number of methoxy groups -OCH3 is 1. The molecule has 1 aliphatic rings. The largest absolute Gasteiger partial charge is 0.465 e.